The van der Waals surface area contributed by atoms with E-state index in [2.05, 4.69) is 46.3 Å². The number of thiazole rings is 1. The lowest BCUT2D eigenvalue weighted by Crippen LogP contribution is -3.00. The molecule has 0 spiro atoms. The van der Waals surface area contributed by atoms with Gasteiger partial charge in [0.2, 0.25) is 10.5 Å². The topological polar surface area (TPSA) is 28.3 Å². The Hall–Kier alpha value is -1.72. The van der Waals surface area contributed by atoms with E-state index in [4.69, 9.17) is 0 Å². The molecule has 3 aromatic rings. The molecule has 22 heavy (non-hydrogen) atoms. The van der Waals surface area contributed by atoms with Crippen molar-refractivity contribution in [3.63, 3.8) is 0 Å². The number of fused-ring (bicyclic) bond motifs is 1. The Morgan fingerprint density at radius 2 is 1.82 bits per heavy atom. The van der Waals surface area contributed by atoms with Gasteiger partial charge in [-0.15, -0.1) is 0 Å². The SMILES string of the molecule is Cc1sc2ccccc2[n+]1CCC=NNc1ccccc1.[Br-]. The summed E-state index contributed by atoms with van der Waals surface area (Å²) >= 11 is 1.84. The van der Waals surface area contributed by atoms with Gasteiger partial charge in [0.25, 0.3) is 0 Å². The van der Waals surface area contributed by atoms with Gasteiger partial charge >= 0.3 is 0 Å². The number of benzene rings is 2. The molecular weight excluding hydrogens is 358 g/mol. The van der Waals surface area contributed by atoms with E-state index >= 15 is 0 Å². The van der Waals surface area contributed by atoms with Crippen molar-refractivity contribution in [2.24, 2.45) is 5.10 Å². The van der Waals surface area contributed by atoms with Crippen LogP contribution in [0.15, 0.2) is 59.7 Å². The lowest BCUT2D eigenvalue weighted by atomic mass is 10.3. The van der Waals surface area contributed by atoms with Crippen LogP contribution in [-0.2, 0) is 6.54 Å². The van der Waals surface area contributed by atoms with Crippen LogP contribution in [-0.4, -0.2) is 6.21 Å². The molecule has 0 saturated carbocycles. The summed E-state index contributed by atoms with van der Waals surface area (Å²) in [4.78, 5) is 0. The zero-order valence-corrected chi connectivity index (χ0v) is 14.8. The summed E-state index contributed by atoms with van der Waals surface area (Å²) in [6.07, 6.45) is 2.85. The van der Waals surface area contributed by atoms with Crippen LogP contribution in [0.3, 0.4) is 0 Å². The van der Waals surface area contributed by atoms with Crippen molar-refractivity contribution in [3.05, 3.63) is 59.6 Å². The van der Waals surface area contributed by atoms with E-state index in [-0.39, 0.29) is 17.0 Å². The zero-order valence-electron chi connectivity index (χ0n) is 12.4. The second kappa shape index (κ2) is 8.06. The number of aryl methyl sites for hydroxylation is 2. The monoisotopic (exact) mass is 375 g/mol. The fraction of sp³-hybridized carbons (Fsp3) is 0.176. The smallest absolute Gasteiger partial charge is 0.235 e. The van der Waals surface area contributed by atoms with Gasteiger partial charge in [0, 0.05) is 25.6 Å². The van der Waals surface area contributed by atoms with Crippen molar-refractivity contribution in [1.82, 2.24) is 0 Å². The van der Waals surface area contributed by atoms with Gasteiger partial charge in [-0.3, -0.25) is 5.43 Å². The third-order valence-corrected chi connectivity index (χ3v) is 4.42. The average molecular weight is 376 g/mol. The van der Waals surface area contributed by atoms with Crippen molar-refractivity contribution in [2.75, 3.05) is 5.43 Å². The first-order valence-electron chi connectivity index (χ1n) is 7.05. The van der Waals surface area contributed by atoms with E-state index in [0.717, 1.165) is 18.7 Å². The highest BCUT2D eigenvalue weighted by atomic mass is 79.9. The van der Waals surface area contributed by atoms with E-state index in [1.54, 1.807) is 0 Å². The number of para-hydroxylation sites is 2. The number of nitrogens with one attached hydrogen (secondary N) is 1. The minimum absolute atomic E-state index is 0. The van der Waals surface area contributed by atoms with Gasteiger partial charge in [0.15, 0.2) is 6.54 Å². The molecule has 0 aliphatic carbocycles. The van der Waals surface area contributed by atoms with Crippen molar-refractivity contribution in [3.8, 4) is 0 Å². The first kappa shape index (κ1) is 16.6. The minimum Gasteiger partial charge on any atom is -1.00 e. The molecule has 2 aromatic carbocycles. The normalized spacial score (nSPS) is 10.8. The highest BCUT2D eigenvalue weighted by Crippen LogP contribution is 2.19. The highest BCUT2D eigenvalue weighted by molar-refractivity contribution is 7.18. The summed E-state index contributed by atoms with van der Waals surface area (Å²) in [6.45, 7) is 3.12. The van der Waals surface area contributed by atoms with Crippen molar-refractivity contribution >= 4 is 33.5 Å². The fourth-order valence-corrected chi connectivity index (χ4v) is 3.36. The summed E-state index contributed by atoms with van der Waals surface area (Å²) in [5.74, 6) is 0. The van der Waals surface area contributed by atoms with Crippen LogP contribution in [0.1, 0.15) is 11.4 Å². The number of rotatable bonds is 5. The molecule has 1 N–H and O–H groups in total. The predicted molar refractivity (Wildman–Crippen MR) is 89.9 cm³/mol. The zero-order chi connectivity index (χ0) is 14.5. The van der Waals surface area contributed by atoms with Crippen LogP contribution in [0.4, 0.5) is 5.69 Å². The molecule has 3 rings (SSSR count). The van der Waals surface area contributed by atoms with Crippen LogP contribution in [0.25, 0.3) is 10.2 Å². The number of hydrogen-bond donors (Lipinski definition) is 1. The lowest BCUT2D eigenvalue weighted by Gasteiger charge is -1.98. The van der Waals surface area contributed by atoms with Gasteiger partial charge in [0.05, 0.1) is 5.69 Å². The molecule has 114 valence electrons. The third kappa shape index (κ3) is 3.93. The second-order valence-corrected chi connectivity index (χ2v) is 6.05. The summed E-state index contributed by atoms with van der Waals surface area (Å²) in [5.41, 5.74) is 5.36. The molecular formula is C17H18BrN3S. The number of anilines is 1. The minimum atomic E-state index is 0. The molecule has 1 aromatic heterocycles. The van der Waals surface area contributed by atoms with E-state index in [1.807, 2.05) is 47.9 Å². The van der Waals surface area contributed by atoms with Crippen LogP contribution < -0.4 is 27.0 Å². The molecule has 1 heterocycles. The van der Waals surface area contributed by atoms with E-state index in [0.29, 0.717) is 0 Å². The maximum absolute atomic E-state index is 4.27. The Morgan fingerprint density at radius 1 is 1.09 bits per heavy atom. The molecule has 0 aliphatic rings. The van der Waals surface area contributed by atoms with Crippen molar-refractivity contribution < 1.29 is 21.5 Å². The quantitative estimate of drug-likeness (QED) is 0.402. The van der Waals surface area contributed by atoms with Crippen LogP contribution in [0.5, 0.6) is 0 Å². The average Bonchev–Trinajstić information content (AvgIpc) is 2.84. The van der Waals surface area contributed by atoms with Crippen molar-refractivity contribution in [2.45, 2.75) is 19.9 Å². The largest absolute Gasteiger partial charge is 1.00 e. The summed E-state index contributed by atoms with van der Waals surface area (Å²) in [5, 5.41) is 5.60. The number of hydrazone groups is 1. The van der Waals surface area contributed by atoms with Gasteiger partial charge in [0.1, 0.15) is 4.70 Å². The first-order valence-corrected chi connectivity index (χ1v) is 7.87. The molecule has 5 heteroatoms. The Morgan fingerprint density at radius 3 is 2.64 bits per heavy atom. The summed E-state index contributed by atoms with van der Waals surface area (Å²) in [7, 11) is 0. The van der Waals surface area contributed by atoms with E-state index in [1.165, 1.54) is 15.2 Å². The Labute approximate surface area is 145 Å². The predicted octanol–water partition coefficient (Wildman–Crippen LogP) is 0.989. The number of nitrogens with zero attached hydrogens (tertiary/aromatic N) is 2. The maximum Gasteiger partial charge on any atom is 0.235 e. The number of halogens is 1. The van der Waals surface area contributed by atoms with Gasteiger partial charge in [-0.1, -0.05) is 41.7 Å². The second-order valence-electron chi connectivity index (χ2n) is 4.82. The third-order valence-electron chi connectivity index (χ3n) is 3.33. The van der Waals surface area contributed by atoms with E-state index < -0.39 is 0 Å². The number of hydrogen-bond acceptors (Lipinski definition) is 3. The lowest BCUT2D eigenvalue weighted by molar-refractivity contribution is -0.671. The summed E-state index contributed by atoms with van der Waals surface area (Å²) in [6, 6.07) is 18.5. The molecule has 0 saturated heterocycles. The molecule has 0 aliphatic heterocycles. The summed E-state index contributed by atoms with van der Waals surface area (Å²) < 4.78 is 3.70. The van der Waals surface area contributed by atoms with E-state index in [9.17, 15) is 0 Å². The van der Waals surface area contributed by atoms with Gasteiger partial charge in [-0.2, -0.15) is 9.67 Å². The van der Waals surface area contributed by atoms with Crippen molar-refractivity contribution in [1.29, 1.82) is 0 Å². The first-order chi connectivity index (χ1) is 10.3. The Bertz CT molecular complexity index is 753. The van der Waals surface area contributed by atoms with Gasteiger partial charge in [-0.05, 0) is 18.2 Å². The van der Waals surface area contributed by atoms with Gasteiger partial charge in [-0.25, -0.2) is 0 Å². The Balaban J connectivity index is 0.00000176. The van der Waals surface area contributed by atoms with Gasteiger partial charge < -0.3 is 17.0 Å². The van der Waals surface area contributed by atoms with Crippen LogP contribution in [0.2, 0.25) is 0 Å². The molecule has 0 fully saturated rings. The molecule has 3 nitrogen and oxygen atoms in total. The Kier molecular flexibility index (Phi) is 6.10. The maximum atomic E-state index is 4.27. The molecule has 0 atom stereocenters. The number of aromatic nitrogens is 1. The fourth-order valence-electron chi connectivity index (χ4n) is 2.31. The molecule has 0 radical (unpaired) electrons. The molecule has 0 bridgehead atoms. The van der Waals surface area contributed by atoms with Crippen LogP contribution >= 0.6 is 11.3 Å². The highest BCUT2D eigenvalue weighted by Gasteiger charge is 2.15. The standard InChI is InChI=1S/C17H18N3S.BrH/c1-14-20(16-10-5-6-11-17(16)21-14)13-7-12-18-19-15-8-3-2-4-9-15;/h2-6,8-12,19H,7,13H2,1H3;1H/q+1;/p-1. The molecule has 0 unspecified atom stereocenters. The van der Waals surface area contributed by atoms with Crippen LogP contribution in [0, 0.1) is 6.92 Å². The molecule has 0 amide bonds.